The van der Waals surface area contributed by atoms with E-state index < -0.39 is 11.4 Å². The molecular weight excluding hydrogens is 422 g/mol. The highest BCUT2D eigenvalue weighted by Crippen LogP contribution is 2.39. The molecule has 0 spiro atoms. The highest BCUT2D eigenvalue weighted by molar-refractivity contribution is 6.34. The van der Waals surface area contributed by atoms with Gasteiger partial charge in [-0.05, 0) is 31.9 Å². The molecule has 2 aromatic rings. The standard InChI is InChI=1S/C21H24ClN5O4/c1-21(20(30)23-9-10-31-2)11-26-12-24-16(17(26)19(29)27(21)13-7-8-13)18(28)25-15-6-4-3-5-14(15)22/h3-6,12-13H,7-11H2,1-2H3,(H,23,30)(H,25,28). The Morgan fingerprint density at radius 2 is 2.06 bits per heavy atom. The number of benzene rings is 1. The van der Waals surface area contributed by atoms with E-state index in [1.54, 1.807) is 47.8 Å². The smallest absolute Gasteiger partial charge is 0.276 e. The summed E-state index contributed by atoms with van der Waals surface area (Å²) in [6, 6.07) is 6.80. The first kappa shape index (κ1) is 21.3. The van der Waals surface area contributed by atoms with Crippen LogP contribution < -0.4 is 10.6 Å². The summed E-state index contributed by atoms with van der Waals surface area (Å²) in [6.07, 6.45) is 3.07. The number of anilines is 1. The molecule has 1 aromatic heterocycles. The molecular formula is C21H24ClN5O4. The number of rotatable bonds is 7. The molecule has 0 bridgehead atoms. The summed E-state index contributed by atoms with van der Waals surface area (Å²) in [5.41, 5.74) is -0.465. The highest BCUT2D eigenvalue weighted by atomic mass is 35.5. The Labute approximate surface area is 184 Å². The second-order valence-electron chi connectivity index (χ2n) is 7.93. The second-order valence-corrected chi connectivity index (χ2v) is 8.34. The fraction of sp³-hybridized carbons (Fsp3) is 0.429. The second kappa shape index (κ2) is 8.32. The quantitative estimate of drug-likeness (QED) is 0.633. The summed E-state index contributed by atoms with van der Waals surface area (Å²) in [5.74, 6) is -1.16. The van der Waals surface area contributed by atoms with E-state index in [1.165, 1.54) is 6.33 Å². The van der Waals surface area contributed by atoms with Gasteiger partial charge in [0.1, 0.15) is 11.2 Å². The van der Waals surface area contributed by atoms with Gasteiger partial charge in [-0.1, -0.05) is 23.7 Å². The summed E-state index contributed by atoms with van der Waals surface area (Å²) in [5, 5.41) is 5.94. The van der Waals surface area contributed by atoms with Gasteiger partial charge in [-0.3, -0.25) is 14.4 Å². The topological polar surface area (TPSA) is 106 Å². The van der Waals surface area contributed by atoms with Crippen LogP contribution in [0.4, 0.5) is 5.69 Å². The predicted molar refractivity (Wildman–Crippen MR) is 114 cm³/mol. The molecule has 2 aliphatic rings. The third kappa shape index (κ3) is 3.90. The lowest BCUT2D eigenvalue weighted by Crippen LogP contribution is -2.65. The monoisotopic (exact) mass is 445 g/mol. The molecule has 4 rings (SSSR count). The van der Waals surface area contributed by atoms with Crippen LogP contribution >= 0.6 is 11.6 Å². The van der Waals surface area contributed by atoms with E-state index in [-0.39, 0.29) is 35.8 Å². The molecule has 2 N–H and O–H groups in total. The van der Waals surface area contributed by atoms with Gasteiger partial charge in [0.15, 0.2) is 5.69 Å². The summed E-state index contributed by atoms with van der Waals surface area (Å²) in [7, 11) is 1.56. The van der Waals surface area contributed by atoms with Crippen molar-refractivity contribution in [1.29, 1.82) is 0 Å². The zero-order chi connectivity index (χ0) is 22.2. The summed E-state index contributed by atoms with van der Waals surface area (Å²) in [6.45, 7) is 2.68. The number of halogens is 1. The normalized spacial score (nSPS) is 20.4. The summed E-state index contributed by atoms with van der Waals surface area (Å²) < 4.78 is 6.58. The van der Waals surface area contributed by atoms with Gasteiger partial charge in [-0.15, -0.1) is 0 Å². The first-order valence-corrected chi connectivity index (χ1v) is 10.5. The van der Waals surface area contributed by atoms with Crippen LogP contribution in [0.2, 0.25) is 5.02 Å². The van der Waals surface area contributed by atoms with E-state index in [2.05, 4.69) is 15.6 Å². The maximum atomic E-state index is 13.5. The number of imidazole rings is 1. The number of hydrogen-bond donors (Lipinski definition) is 2. The van der Waals surface area contributed by atoms with E-state index >= 15 is 0 Å². The number of para-hydroxylation sites is 1. The predicted octanol–water partition coefficient (Wildman–Crippen LogP) is 1.93. The van der Waals surface area contributed by atoms with Gasteiger partial charge in [0.25, 0.3) is 11.8 Å². The molecule has 1 aliphatic carbocycles. The molecule has 3 amide bonds. The van der Waals surface area contributed by atoms with Gasteiger partial charge >= 0.3 is 0 Å². The lowest BCUT2D eigenvalue weighted by Gasteiger charge is -2.44. The Balaban J connectivity index is 1.64. The highest BCUT2D eigenvalue weighted by Gasteiger charge is 2.53. The van der Waals surface area contributed by atoms with Crippen LogP contribution in [0.3, 0.4) is 0 Å². The SMILES string of the molecule is COCCNC(=O)C1(C)Cn2cnc(C(=O)Nc3ccccc3Cl)c2C(=O)N1C1CC1. The first-order chi connectivity index (χ1) is 14.9. The van der Waals surface area contributed by atoms with Crippen LogP contribution in [0.5, 0.6) is 0 Å². The molecule has 9 nitrogen and oxygen atoms in total. The molecule has 0 saturated heterocycles. The Morgan fingerprint density at radius 1 is 1.32 bits per heavy atom. The van der Waals surface area contributed by atoms with E-state index in [0.29, 0.717) is 23.9 Å². The fourth-order valence-corrected chi connectivity index (χ4v) is 4.11. The first-order valence-electron chi connectivity index (χ1n) is 10.1. The average Bonchev–Trinajstić information content (AvgIpc) is 3.47. The Kier molecular flexibility index (Phi) is 5.72. The molecule has 1 aliphatic heterocycles. The molecule has 10 heteroatoms. The lowest BCUT2D eigenvalue weighted by molar-refractivity contribution is -0.133. The number of nitrogens with one attached hydrogen (secondary N) is 2. The molecule has 1 fully saturated rings. The van der Waals surface area contributed by atoms with E-state index in [0.717, 1.165) is 12.8 Å². The maximum absolute atomic E-state index is 13.5. The molecule has 1 unspecified atom stereocenters. The lowest BCUT2D eigenvalue weighted by atomic mass is 9.94. The van der Waals surface area contributed by atoms with Crippen LogP contribution in [-0.4, -0.2) is 64.0 Å². The van der Waals surface area contributed by atoms with Crippen molar-refractivity contribution in [2.75, 3.05) is 25.6 Å². The third-order valence-electron chi connectivity index (χ3n) is 5.60. The van der Waals surface area contributed by atoms with Gasteiger partial charge in [-0.25, -0.2) is 4.98 Å². The van der Waals surface area contributed by atoms with Gasteiger partial charge in [0.05, 0.1) is 30.2 Å². The van der Waals surface area contributed by atoms with Crippen LogP contribution in [0.25, 0.3) is 0 Å². The van der Waals surface area contributed by atoms with Crippen molar-refractivity contribution in [2.24, 2.45) is 0 Å². The minimum Gasteiger partial charge on any atom is -0.383 e. The van der Waals surface area contributed by atoms with Crippen molar-refractivity contribution in [3.8, 4) is 0 Å². The molecule has 1 saturated carbocycles. The van der Waals surface area contributed by atoms with Crippen LogP contribution in [0.1, 0.15) is 40.7 Å². The number of methoxy groups -OCH3 is 1. The molecule has 1 atom stereocenters. The molecule has 31 heavy (non-hydrogen) atoms. The summed E-state index contributed by atoms with van der Waals surface area (Å²) in [4.78, 5) is 45.2. The largest absolute Gasteiger partial charge is 0.383 e. The van der Waals surface area contributed by atoms with E-state index in [9.17, 15) is 14.4 Å². The van der Waals surface area contributed by atoms with Crippen molar-refractivity contribution >= 4 is 35.0 Å². The van der Waals surface area contributed by atoms with Crippen LogP contribution in [0, 0.1) is 0 Å². The van der Waals surface area contributed by atoms with E-state index in [4.69, 9.17) is 16.3 Å². The van der Waals surface area contributed by atoms with Gasteiger partial charge in [-0.2, -0.15) is 0 Å². The Morgan fingerprint density at radius 3 is 2.74 bits per heavy atom. The van der Waals surface area contributed by atoms with Gasteiger partial charge < -0.3 is 24.8 Å². The Bertz CT molecular complexity index is 1030. The number of nitrogens with zero attached hydrogens (tertiary/aromatic N) is 3. The van der Waals surface area contributed by atoms with Crippen molar-refractivity contribution in [2.45, 2.75) is 37.9 Å². The van der Waals surface area contributed by atoms with Gasteiger partial charge in [0.2, 0.25) is 5.91 Å². The van der Waals surface area contributed by atoms with Crippen molar-refractivity contribution in [1.82, 2.24) is 19.8 Å². The average molecular weight is 446 g/mol. The Hall–Kier alpha value is -2.91. The molecule has 164 valence electrons. The zero-order valence-electron chi connectivity index (χ0n) is 17.4. The van der Waals surface area contributed by atoms with Crippen LogP contribution in [0.15, 0.2) is 30.6 Å². The maximum Gasteiger partial charge on any atom is 0.276 e. The van der Waals surface area contributed by atoms with Crippen molar-refractivity contribution in [3.05, 3.63) is 47.0 Å². The number of carbonyl (C=O) groups excluding carboxylic acids is 3. The molecule has 1 aromatic carbocycles. The zero-order valence-corrected chi connectivity index (χ0v) is 18.1. The number of ether oxygens (including phenoxy) is 1. The number of hydrogen-bond acceptors (Lipinski definition) is 5. The van der Waals surface area contributed by atoms with E-state index in [1.807, 2.05) is 0 Å². The minimum absolute atomic E-state index is 0.0115. The number of fused-ring (bicyclic) bond motifs is 1. The van der Waals surface area contributed by atoms with Crippen molar-refractivity contribution < 1.29 is 19.1 Å². The third-order valence-corrected chi connectivity index (χ3v) is 5.93. The number of amides is 3. The molecule has 0 radical (unpaired) electrons. The summed E-state index contributed by atoms with van der Waals surface area (Å²) >= 11 is 6.13. The fourth-order valence-electron chi connectivity index (χ4n) is 3.92. The number of carbonyl (C=O) groups is 3. The minimum atomic E-state index is -1.09. The van der Waals surface area contributed by atoms with Crippen LogP contribution in [-0.2, 0) is 16.1 Å². The number of aromatic nitrogens is 2. The molecule has 2 heterocycles. The van der Waals surface area contributed by atoms with Gasteiger partial charge in [0, 0.05) is 19.7 Å². The van der Waals surface area contributed by atoms with Crippen molar-refractivity contribution in [3.63, 3.8) is 0 Å².